The molecule has 1 N–H and O–H groups in total. The number of furan rings is 1. The van der Waals surface area contributed by atoms with Gasteiger partial charge in [0.2, 0.25) is 0 Å². The second-order valence-electron chi connectivity index (χ2n) is 6.77. The Labute approximate surface area is 155 Å². The van der Waals surface area contributed by atoms with E-state index in [-0.39, 0.29) is 6.10 Å². The normalized spacial score (nSPS) is 19.0. The van der Waals surface area contributed by atoms with E-state index >= 15 is 0 Å². The van der Waals surface area contributed by atoms with Gasteiger partial charge >= 0.3 is 0 Å². The molecular formula is C18H21BrClNO3. The third kappa shape index (κ3) is 4.14. The molecule has 1 unspecified atom stereocenters. The minimum atomic E-state index is -0.749. The molecule has 0 amide bonds. The predicted octanol–water partition coefficient (Wildman–Crippen LogP) is 4.79. The van der Waals surface area contributed by atoms with Crippen LogP contribution in [0.5, 0.6) is 5.75 Å². The van der Waals surface area contributed by atoms with Crippen molar-refractivity contribution >= 4 is 27.5 Å². The summed E-state index contributed by atoms with van der Waals surface area (Å²) in [6.45, 7) is 5.69. The zero-order valence-corrected chi connectivity index (χ0v) is 16.1. The smallest absolute Gasteiger partial charge is 0.139 e. The van der Waals surface area contributed by atoms with Crippen molar-refractivity contribution in [3.63, 3.8) is 0 Å². The SMILES string of the molecule is CC(C)(O)CN1CCC(Oc2cccc(Br)c2Cl)c2ccoc2C1. The Hall–Kier alpha value is -1.01. The van der Waals surface area contributed by atoms with Gasteiger partial charge < -0.3 is 14.3 Å². The molecule has 0 aliphatic carbocycles. The van der Waals surface area contributed by atoms with E-state index in [1.165, 1.54) is 0 Å². The van der Waals surface area contributed by atoms with Gasteiger partial charge in [0.15, 0.2) is 0 Å². The second kappa shape index (κ2) is 7.08. The first-order valence-electron chi connectivity index (χ1n) is 7.95. The maximum absolute atomic E-state index is 10.1. The maximum atomic E-state index is 10.1. The minimum absolute atomic E-state index is 0.127. The lowest BCUT2D eigenvalue weighted by atomic mass is 10.1. The molecule has 3 rings (SSSR count). The molecule has 0 bridgehead atoms. The van der Waals surface area contributed by atoms with Gasteiger partial charge in [-0.25, -0.2) is 0 Å². The molecule has 24 heavy (non-hydrogen) atoms. The number of aliphatic hydroxyl groups is 1. The minimum Gasteiger partial charge on any atom is -0.484 e. The predicted molar refractivity (Wildman–Crippen MR) is 97.4 cm³/mol. The lowest BCUT2D eigenvalue weighted by Crippen LogP contribution is -2.38. The highest BCUT2D eigenvalue weighted by atomic mass is 79.9. The quantitative estimate of drug-likeness (QED) is 0.781. The highest BCUT2D eigenvalue weighted by molar-refractivity contribution is 9.10. The Balaban J connectivity index is 1.82. The number of fused-ring (bicyclic) bond motifs is 1. The van der Waals surface area contributed by atoms with Crippen LogP contribution in [-0.2, 0) is 6.54 Å². The molecule has 0 spiro atoms. The number of benzene rings is 1. The summed E-state index contributed by atoms with van der Waals surface area (Å²) in [5, 5.41) is 10.7. The van der Waals surface area contributed by atoms with Crippen molar-refractivity contribution in [1.29, 1.82) is 0 Å². The number of nitrogens with zero attached hydrogens (tertiary/aromatic N) is 1. The molecule has 0 radical (unpaired) electrons. The van der Waals surface area contributed by atoms with Gasteiger partial charge in [-0.05, 0) is 48.0 Å². The van der Waals surface area contributed by atoms with Crippen LogP contribution in [0.4, 0.5) is 0 Å². The van der Waals surface area contributed by atoms with Crippen molar-refractivity contribution in [2.45, 2.75) is 38.5 Å². The molecule has 2 heterocycles. The molecule has 1 aliphatic rings. The lowest BCUT2D eigenvalue weighted by molar-refractivity contribution is 0.0297. The van der Waals surface area contributed by atoms with Crippen LogP contribution in [0, 0.1) is 0 Å². The van der Waals surface area contributed by atoms with Gasteiger partial charge in [0.1, 0.15) is 17.6 Å². The molecule has 1 aromatic heterocycles. The summed E-state index contributed by atoms with van der Waals surface area (Å²) in [6, 6.07) is 7.61. The van der Waals surface area contributed by atoms with Crippen molar-refractivity contribution in [2.75, 3.05) is 13.1 Å². The Bertz CT molecular complexity index is 711. The summed E-state index contributed by atoms with van der Waals surface area (Å²) in [6.07, 6.45) is 2.36. The van der Waals surface area contributed by atoms with Crippen LogP contribution >= 0.6 is 27.5 Å². The first-order valence-corrected chi connectivity index (χ1v) is 9.12. The van der Waals surface area contributed by atoms with Crippen molar-refractivity contribution in [2.24, 2.45) is 0 Å². The van der Waals surface area contributed by atoms with Crippen molar-refractivity contribution in [1.82, 2.24) is 4.90 Å². The molecular weight excluding hydrogens is 394 g/mol. The van der Waals surface area contributed by atoms with E-state index in [2.05, 4.69) is 20.8 Å². The Kier molecular flexibility index (Phi) is 5.25. The van der Waals surface area contributed by atoms with Crippen molar-refractivity contribution in [3.8, 4) is 5.75 Å². The standard InChI is InChI=1S/C18H21BrClNO3/c1-18(2,22)11-21-8-6-14(12-7-9-23-16(12)10-21)24-15-5-3-4-13(19)17(15)20/h3-5,7,9,14,22H,6,8,10-11H2,1-2H3. The van der Waals surface area contributed by atoms with Crippen LogP contribution in [0.2, 0.25) is 5.02 Å². The van der Waals surface area contributed by atoms with Crippen molar-refractivity contribution < 1.29 is 14.3 Å². The highest BCUT2D eigenvalue weighted by Crippen LogP contribution is 2.37. The molecule has 1 aromatic carbocycles. The summed E-state index contributed by atoms with van der Waals surface area (Å²) in [5.74, 6) is 1.53. The Morgan fingerprint density at radius 2 is 2.21 bits per heavy atom. The lowest BCUT2D eigenvalue weighted by Gasteiger charge is -2.27. The van der Waals surface area contributed by atoms with Gasteiger partial charge in [-0.3, -0.25) is 4.90 Å². The highest BCUT2D eigenvalue weighted by Gasteiger charge is 2.29. The molecule has 2 aromatic rings. The van der Waals surface area contributed by atoms with E-state index in [4.69, 9.17) is 20.8 Å². The number of halogens is 2. The largest absolute Gasteiger partial charge is 0.484 e. The summed E-state index contributed by atoms with van der Waals surface area (Å²) in [5.41, 5.74) is 0.297. The summed E-state index contributed by atoms with van der Waals surface area (Å²) >= 11 is 9.76. The van der Waals surface area contributed by atoms with Crippen LogP contribution in [-0.4, -0.2) is 28.7 Å². The van der Waals surface area contributed by atoms with E-state index in [9.17, 15) is 5.11 Å². The number of ether oxygens (including phenoxy) is 1. The van der Waals surface area contributed by atoms with Crippen LogP contribution in [0.25, 0.3) is 0 Å². The fourth-order valence-corrected chi connectivity index (χ4v) is 3.55. The molecule has 0 saturated heterocycles. The average molecular weight is 415 g/mol. The van der Waals surface area contributed by atoms with E-state index in [0.717, 1.165) is 28.8 Å². The van der Waals surface area contributed by atoms with Crippen LogP contribution in [0.15, 0.2) is 39.4 Å². The van der Waals surface area contributed by atoms with Gasteiger partial charge in [0, 0.05) is 29.5 Å². The first-order chi connectivity index (χ1) is 11.3. The number of hydrogen-bond acceptors (Lipinski definition) is 4. The second-order valence-corrected chi connectivity index (χ2v) is 8.00. The Morgan fingerprint density at radius 1 is 1.42 bits per heavy atom. The van der Waals surface area contributed by atoms with E-state index in [1.54, 1.807) is 6.26 Å². The third-order valence-electron chi connectivity index (χ3n) is 4.00. The van der Waals surface area contributed by atoms with E-state index in [0.29, 0.717) is 23.9 Å². The topological polar surface area (TPSA) is 45.8 Å². The van der Waals surface area contributed by atoms with Gasteiger partial charge in [-0.15, -0.1) is 0 Å². The molecule has 4 nitrogen and oxygen atoms in total. The maximum Gasteiger partial charge on any atom is 0.139 e. The van der Waals surface area contributed by atoms with Crippen LogP contribution < -0.4 is 4.74 Å². The Morgan fingerprint density at radius 3 is 2.96 bits per heavy atom. The summed E-state index contributed by atoms with van der Waals surface area (Å²) in [7, 11) is 0. The van der Waals surface area contributed by atoms with Gasteiger partial charge in [-0.2, -0.15) is 0 Å². The van der Waals surface area contributed by atoms with E-state index < -0.39 is 5.60 Å². The van der Waals surface area contributed by atoms with Crippen LogP contribution in [0.3, 0.4) is 0 Å². The fraction of sp³-hybridized carbons (Fsp3) is 0.444. The number of β-amino-alcohol motifs (C(OH)–C–C–N with tert-alkyl or cyclic N) is 1. The average Bonchev–Trinajstić information content (AvgIpc) is 2.88. The fourth-order valence-electron chi connectivity index (χ4n) is 3.04. The van der Waals surface area contributed by atoms with Gasteiger partial charge in [0.05, 0.1) is 23.4 Å². The van der Waals surface area contributed by atoms with Gasteiger partial charge in [-0.1, -0.05) is 17.7 Å². The van der Waals surface area contributed by atoms with E-state index in [1.807, 2.05) is 38.1 Å². The zero-order valence-electron chi connectivity index (χ0n) is 13.8. The first kappa shape index (κ1) is 17.8. The summed E-state index contributed by atoms with van der Waals surface area (Å²) in [4.78, 5) is 2.19. The van der Waals surface area contributed by atoms with Gasteiger partial charge in [0.25, 0.3) is 0 Å². The summed E-state index contributed by atoms with van der Waals surface area (Å²) < 4.78 is 12.7. The molecule has 0 fully saturated rings. The molecule has 1 atom stereocenters. The van der Waals surface area contributed by atoms with Crippen LogP contribution in [0.1, 0.15) is 37.7 Å². The number of hydrogen-bond donors (Lipinski definition) is 1. The molecule has 0 saturated carbocycles. The molecule has 1 aliphatic heterocycles. The monoisotopic (exact) mass is 413 g/mol. The molecule has 6 heteroatoms. The number of rotatable bonds is 4. The molecule has 130 valence electrons. The third-order valence-corrected chi connectivity index (χ3v) is 5.28. The van der Waals surface area contributed by atoms with Crippen molar-refractivity contribution in [3.05, 3.63) is 51.3 Å². The zero-order chi connectivity index (χ0) is 17.3.